The fourth-order valence-electron chi connectivity index (χ4n) is 2.75. The van der Waals surface area contributed by atoms with Gasteiger partial charge in [0.15, 0.2) is 0 Å². The maximum atomic E-state index is 12.3. The average Bonchev–Trinajstić information content (AvgIpc) is 2.18. The van der Waals surface area contributed by atoms with Crippen LogP contribution in [0.3, 0.4) is 0 Å². The summed E-state index contributed by atoms with van der Waals surface area (Å²) in [7, 11) is 0. The first-order valence-electron chi connectivity index (χ1n) is 5.53. The first-order chi connectivity index (χ1) is 6.77. The molecule has 14 heavy (non-hydrogen) atoms. The molecule has 2 unspecified atom stereocenters. The highest BCUT2D eigenvalue weighted by atomic mass is 19.3. The van der Waals surface area contributed by atoms with Gasteiger partial charge < -0.3 is 5.32 Å². The molecule has 2 fully saturated rings. The Morgan fingerprint density at radius 3 is 2.86 bits per heavy atom. The van der Waals surface area contributed by atoms with Gasteiger partial charge in [0, 0.05) is 25.2 Å². The van der Waals surface area contributed by atoms with Crippen LogP contribution in [0.1, 0.15) is 25.7 Å². The molecule has 1 aliphatic carbocycles. The van der Waals surface area contributed by atoms with Crippen molar-refractivity contribution in [3.8, 4) is 0 Å². The second-order valence-electron chi connectivity index (χ2n) is 4.30. The molecule has 82 valence electrons. The van der Waals surface area contributed by atoms with Crippen molar-refractivity contribution in [2.45, 2.75) is 44.2 Å². The first-order valence-corrected chi connectivity index (χ1v) is 5.53. The minimum absolute atomic E-state index is 0.0388. The van der Waals surface area contributed by atoms with Crippen LogP contribution in [0.2, 0.25) is 0 Å². The van der Waals surface area contributed by atoms with Gasteiger partial charge >= 0.3 is 0 Å². The van der Waals surface area contributed by atoms with E-state index in [4.69, 9.17) is 0 Å². The summed E-state index contributed by atoms with van der Waals surface area (Å²) in [4.78, 5) is 1.98. The Hall–Kier alpha value is -0.220. The Labute approximate surface area is 83.7 Å². The van der Waals surface area contributed by atoms with Crippen LogP contribution < -0.4 is 5.32 Å². The Morgan fingerprint density at radius 2 is 2.07 bits per heavy atom. The summed E-state index contributed by atoms with van der Waals surface area (Å²) in [5.41, 5.74) is 0. The third kappa shape index (κ3) is 2.23. The van der Waals surface area contributed by atoms with Crippen LogP contribution in [-0.2, 0) is 0 Å². The molecule has 2 aliphatic rings. The molecular formula is C10H18F2N2. The van der Waals surface area contributed by atoms with Crippen LogP contribution in [0.15, 0.2) is 0 Å². The van der Waals surface area contributed by atoms with Gasteiger partial charge in [-0.1, -0.05) is 12.8 Å². The smallest absolute Gasteiger partial charge is 0.251 e. The average molecular weight is 204 g/mol. The molecule has 2 atom stereocenters. The largest absolute Gasteiger partial charge is 0.311 e. The minimum Gasteiger partial charge on any atom is -0.311 e. The predicted octanol–water partition coefficient (Wildman–Crippen LogP) is 1.47. The van der Waals surface area contributed by atoms with Crippen molar-refractivity contribution >= 4 is 0 Å². The summed E-state index contributed by atoms with van der Waals surface area (Å²) in [6.45, 7) is 1.61. The van der Waals surface area contributed by atoms with Crippen molar-refractivity contribution in [2.75, 3.05) is 19.6 Å². The summed E-state index contributed by atoms with van der Waals surface area (Å²) in [6, 6.07) is 0.836. The van der Waals surface area contributed by atoms with E-state index in [-0.39, 0.29) is 6.54 Å². The topological polar surface area (TPSA) is 15.3 Å². The highest BCUT2D eigenvalue weighted by molar-refractivity contribution is 4.92. The monoisotopic (exact) mass is 204 g/mol. The Balaban J connectivity index is 1.94. The van der Waals surface area contributed by atoms with E-state index >= 15 is 0 Å². The van der Waals surface area contributed by atoms with E-state index in [0.717, 1.165) is 25.9 Å². The molecule has 0 amide bonds. The lowest BCUT2D eigenvalue weighted by Gasteiger charge is -2.44. The van der Waals surface area contributed by atoms with Crippen LogP contribution in [0, 0.1) is 0 Å². The second kappa shape index (κ2) is 4.53. The standard InChI is InChI=1S/C10H18F2N2/c11-10(12)7-14-6-5-13-8-3-1-2-4-9(8)14/h8-10,13H,1-7H2. The number of nitrogens with zero attached hydrogens (tertiary/aromatic N) is 1. The number of halogens is 2. The van der Waals surface area contributed by atoms with Crippen LogP contribution in [0.4, 0.5) is 8.78 Å². The summed E-state index contributed by atoms with van der Waals surface area (Å²) >= 11 is 0. The molecule has 2 nitrogen and oxygen atoms in total. The van der Waals surface area contributed by atoms with Crippen molar-refractivity contribution in [3.05, 3.63) is 0 Å². The van der Waals surface area contributed by atoms with E-state index in [1.165, 1.54) is 12.8 Å². The zero-order chi connectivity index (χ0) is 9.97. The zero-order valence-electron chi connectivity index (χ0n) is 8.38. The molecule has 4 heteroatoms. The van der Waals surface area contributed by atoms with Crippen LogP contribution in [0.5, 0.6) is 0 Å². The maximum Gasteiger partial charge on any atom is 0.251 e. The molecule has 0 aromatic rings. The van der Waals surface area contributed by atoms with Gasteiger partial charge in [-0.3, -0.25) is 4.90 Å². The van der Waals surface area contributed by atoms with E-state index in [1.807, 2.05) is 4.90 Å². The summed E-state index contributed by atoms with van der Waals surface area (Å²) in [5, 5.41) is 3.44. The Kier molecular flexibility index (Phi) is 3.34. The molecule has 0 spiro atoms. The van der Waals surface area contributed by atoms with Gasteiger partial charge in [0.2, 0.25) is 0 Å². The van der Waals surface area contributed by atoms with E-state index in [9.17, 15) is 8.78 Å². The number of nitrogens with one attached hydrogen (secondary N) is 1. The number of alkyl halides is 2. The molecule has 1 saturated carbocycles. The fourth-order valence-corrected chi connectivity index (χ4v) is 2.75. The number of rotatable bonds is 2. The maximum absolute atomic E-state index is 12.3. The lowest BCUT2D eigenvalue weighted by Crippen LogP contribution is -2.59. The van der Waals surface area contributed by atoms with E-state index in [2.05, 4.69) is 5.32 Å². The van der Waals surface area contributed by atoms with Gasteiger partial charge in [0.25, 0.3) is 6.43 Å². The molecular weight excluding hydrogens is 186 g/mol. The van der Waals surface area contributed by atoms with E-state index < -0.39 is 6.43 Å². The van der Waals surface area contributed by atoms with E-state index in [1.54, 1.807) is 0 Å². The molecule has 2 rings (SSSR count). The lowest BCUT2D eigenvalue weighted by atomic mass is 9.87. The normalized spacial score (nSPS) is 34.5. The molecule has 0 aromatic carbocycles. The Morgan fingerprint density at radius 1 is 1.29 bits per heavy atom. The number of hydrogen-bond donors (Lipinski definition) is 1. The van der Waals surface area contributed by atoms with Crippen molar-refractivity contribution < 1.29 is 8.78 Å². The van der Waals surface area contributed by atoms with Gasteiger partial charge in [-0.2, -0.15) is 0 Å². The van der Waals surface area contributed by atoms with Gasteiger partial charge in [-0.25, -0.2) is 8.78 Å². The molecule has 0 radical (unpaired) electrons. The van der Waals surface area contributed by atoms with Gasteiger partial charge in [0.1, 0.15) is 0 Å². The lowest BCUT2D eigenvalue weighted by molar-refractivity contribution is 0.0254. The molecule has 1 saturated heterocycles. The van der Waals surface area contributed by atoms with Gasteiger partial charge in [-0.15, -0.1) is 0 Å². The highest BCUT2D eigenvalue weighted by Gasteiger charge is 2.33. The molecule has 1 aliphatic heterocycles. The van der Waals surface area contributed by atoms with E-state index in [0.29, 0.717) is 12.1 Å². The van der Waals surface area contributed by atoms with Crippen LogP contribution in [-0.4, -0.2) is 43.0 Å². The quantitative estimate of drug-likeness (QED) is 0.732. The minimum atomic E-state index is -2.18. The fraction of sp³-hybridized carbons (Fsp3) is 1.00. The number of piperazine rings is 1. The molecule has 1 N–H and O–H groups in total. The Bertz CT molecular complexity index is 185. The SMILES string of the molecule is FC(F)CN1CCNC2CCCCC21. The van der Waals surface area contributed by atoms with Gasteiger partial charge in [-0.05, 0) is 12.8 Å². The molecule has 0 bridgehead atoms. The van der Waals surface area contributed by atoms with Gasteiger partial charge in [0.05, 0.1) is 6.54 Å². The summed E-state index contributed by atoms with van der Waals surface area (Å²) in [6.07, 6.45) is 2.50. The third-order valence-electron chi connectivity index (χ3n) is 3.38. The number of hydrogen-bond acceptors (Lipinski definition) is 2. The predicted molar refractivity (Wildman–Crippen MR) is 51.6 cm³/mol. The second-order valence-corrected chi connectivity index (χ2v) is 4.30. The van der Waals surface area contributed by atoms with Crippen molar-refractivity contribution in [2.24, 2.45) is 0 Å². The third-order valence-corrected chi connectivity index (χ3v) is 3.38. The summed E-state index contributed by atoms with van der Waals surface area (Å²) < 4.78 is 24.6. The van der Waals surface area contributed by atoms with Crippen molar-refractivity contribution in [1.29, 1.82) is 0 Å². The van der Waals surface area contributed by atoms with Crippen LogP contribution >= 0.6 is 0 Å². The molecule has 1 heterocycles. The zero-order valence-corrected chi connectivity index (χ0v) is 8.38. The summed E-state index contributed by atoms with van der Waals surface area (Å²) in [5.74, 6) is 0. The first kappa shape index (κ1) is 10.3. The number of fused-ring (bicyclic) bond motifs is 1. The molecule has 0 aromatic heterocycles. The van der Waals surface area contributed by atoms with Crippen molar-refractivity contribution in [3.63, 3.8) is 0 Å². The highest BCUT2D eigenvalue weighted by Crippen LogP contribution is 2.25. The van der Waals surface area contributed by atoms with Crippen molar-refractivity contribution in [1.82, 2.24) is 10.2 Å². The van der Waals surface area contributed by atoms with Crippen LogP contribution in [0.25, 0.3) is 0 Å².